The van der Waals surface area contributed by atoms with Gasteiger partial charge in [-0.1, -0.05) is 90.7 Å². The van der Waals surface area contributed by atoms with Crippen molar-refractivity contribution in [2.24, 2.45) is 11.8 Å². The van der Waals surface area contributed by atoms with E-state index < -0.39 is 146 Å². The number of fused-ring (bicyclic) bond motifs is 2. The maximum Gasteiger partial charge on any atom is 0.248 e. The zero-order chi connectivity index (χ0) is 51.8. The molecule has 1 aromatic carbocycles. The molecular formula is C48H77N7O15. The highest BCUT2D eigenvalue weighted by atomic mass is 16.3. The molecule has 3 aliphatic heterocycles. The van der Waals surface area contributed by atoms with Crippen LogP contribution in [0.2, 0.25) is 0 Å². The lowest BCUT2D eigenvalue weighted by atomic mass is 9.99. The van der Waals surface area contributed by atoms with Crippen LogP contribution in [0.25, 0.3) is 0 Å². The number of aliphatic hydroxyl groups is 7. The molecule has 0 aliphatic carbocycles. The molecule has 7 amide bonds. The highest BCUT2D eigenvalue weighted by Crippen LogP contribution is 2.26. The van der Waals surface area contributed by atoms with Gasteiger partial charge in [0.1, 0.15) is 48.1 Å². The number of hydrogen-bond acceptors (Lipinski definition) is 15. The van der Waals surface area contributed by atoms with Gasteiger partial charge < -0.3 is 77.2 Å². The molecular weight excluding hydrogens is 915 g/mol. The molecule has 70 heavy (non-hydrogen) atoms. The summed E-state index contributed by atoms with van der Waals surface area (Å²) in [5.74, 6) is -7.57. The van der Waals surface area contributed by atoms with E-state index in [4.69, 9.17) is 0 Å². The number of hydrogen-bond donors (Lipinski definition) is 13. The van der Waals surface area contributed by atoms with Gasteiger partial charge in [0.15, 0.2) is 6.23 Å². The highest BCUT2D eigenvalue weighted by Gasteiger charge is 2.49. The van der Waals surface area contributed by atoms with Crippen LogP contribution < -0.4 is 26.6 Å². The van der Waals surface area contributed by atoms with Crippen molar-refractivity contribution >= 4 is 41.4 Å². The van der Waals surface area contributed by atoms with Crippen LogP contribution in [0, 0.1) is 11.8 Å². The topological polar surface area (TPSA) is 348 Å². The van der Waals surface area contributed by atoms with Crippen molar-refractivity contribution < 1.29 is 74.4 Å². The molecule has 14 atom stereocenters. The van der Waals surface area contributed by atoms with Crippen molar-refractivity contribution in [2.45, 2.75) is 191 Å². The molecule has 0 unspecified atom stereocenters. The lowest BCUT2D eigenvalue weighted by Gasteiger charge is -2.32. The molecule has 3 fully saturated rings. The van der Waals surface area contributed by atoms with Crippen molar-refractivity contribution in [2.75, 3.05) is 19.7 Å². The van der Waals surface area contributed by atoms with E-state index in [0.717, 1.165) is 54.7 Å². The first-order valence-electron chi connectivity index (χ1n) is 24.8. The van der Waals surface area contributed by atoms with E-state index in [1.807, 2.05) is 0 Å². The van der Waals surface area contributed by atoms with Crippen molar-refractivity contribution in [3.8, 4) is 5.75 Å². The zero-order valence-corrected chi connectivity index (χ0v) is 40.7. The number of phenolic OH excluding ortho intramolecular Hbond substituents is 1. The first-order chi connectivity index (χ1) is 33.2. The Bertz CT molecular complexity index is 1910. The smallest absolute Gasteiger partial charge is 0.248 e. The van der Waals surface area contributed by atoms with Crippen LogP contribution in [0.5, 0.6) is 5.75 Å². The largest absolute Gasteiger partial charge is 0.508 e. The summed E-state index contributed by atoms with van der Waals surface area (Å²) in [4.78, 5) is 99.4. The average Bonchev–Trinajstić information content (AvgIpc) is 3.86. The van der Waals surface area contributed by atoms with Crippen molar-refractivity contribution in [3.05, 3.63) is 29.8 Å². The molecule has 0 aromatic heterocycles. The predicted octanol–water partition coefficient (Wildman–Crippen LogP) is -2.08. The maximum atomic E-state index is 14.3. The molecule has 0 saturated carbocycles. The summed E-state index contributed by atoms with van der Waals surface area (Å²) in [5, 5.41) is 98.5. The number of carbonyl (C=O) groups is 7. The summed E-state index contributed by atoms with van der Waals surface area (Å²) in [6, 6.07) is -5.18. The van der Waals surface area contributed by atoms with Gasteiger partial charge in [-0.15, -0.1) is 0 Å². The van der Waals surface area contributed by atoms with Crippen molar-refractivity contribution in [1.29, 1.82) is 0 Å². The van der Waals surface area contributed by atoms with Crippen LogP contribution in [-0.2, 0) is 40.0 Å². The molecule has 22 nitrogen and oxygen atoms in total. The summed E-state index contributed by atoms with van der Waals surface area (Å²) in [6.45, 7) is 5.23. The van der Waals surface area contributed by atoms with Crippen molar-refractivity contribution in [3.63, 3.8) is 0 Å². The Morgan fingerprint density at radius 3 is 1.97 bits per heavy atom. The summed E-state index contributed by atoms with van der Waals surface area (Å²) >= 11 is 0. The van der Waals surface area contributed by atoms with E-state index in [1.54, 1.807) is 0 Å². The fourth-order valence-corrected chi connectivity index (χ4v) is 9.14. The van der Waals surface area contributed by atoms with E-state index in [-0.39, 0.29) is 25.1 Å². The van der Waals surface area contributed by atoms with Crippen LogP contribution in [0.3, 0.4) is 0 Å². The third-order valence-corrected chi connectivity index (χ3v) is 13.7. The maximum absolute atomic E-state index is 14.3. The first kappa shape index (κ1) is 57.6. The zero-order valence-electron chi connectivity index (χ0n) is 40.7. The number of nitrogens with zero attached hydrogens (tertiary/aromatic N) is 2. The summed E-state index contributed by atoms with van der Waals surface area (Å²) in [5.41, 5.74) is 0.382. The minimum atomic E-state index is -2.19. The molecule has 1 aromatic rings. The Balaban J connectivity index is 1.63. The van der Waals surface area contributed by atoms with Crippen LogP contribution in [0.4, 0.5) is 0 Å². The second kappa shape index (κ2) is 27.6. The van der Waals surface area contributed by atoms with E-state index in [9.17, 15) is 74.4 Å². The quantitative estimate of drug-likeness (QED) is 0.0703. The van der Waals surface area contributed by atoms with E-state index in [0.29, 0.717) is 18.4 Å². The second-order valence-corrected chi connectivity index (χ2v) is 19.5. The Morgan fingerprint density at radius 2 is 1.36 bits per heavy atom. The Kier molecular flexibility index (Phi) is 22.7. The van der Waals surface area contributed by atoms with Crippen LogP contribution in [0.1, 0.15) is 117 Å². The van der Waals surface area contributed by atoms with Crippen LogP contribution in [0.15, 0.2) is 24.3 Å². The van der Waals surface area contributed by atoms with Gasteiger partial charge in [-0.25, -0.2) is 0 Å². The van der Waals surface area contributed by atoms with Gasteiger partial charge in [-0.2, -0.15) is 0 Å². The third kappa shape index (κ3) is 16.3. The number of amides is 7. The number of aliphatic hydroxyl groups excluding tert-OH is 7. The van der Waals surface area contributed by atoms with E-state index in [2.05, 4.69) is 40.4 Å². The molecule has 22 heteroatoms. The minimum Gasteiger partial charge on any atom is -0.508 e. The van der Waals surface area contributed by atoms with Gasteiger partial charge in [0.25, 0.3) is 0 Å². The molecule has 4 rings (SSSR count). The van der Waals surface area contributed by atoms with Gasteiger partial charge in [-0.3, -0.25) is 33.6 Å². The minimum absolute atomic E-state index is 0.0340. The lowest BCUT2D eigenvalue weighted by molar-refractivity contribution is -0.147. The second-order valence-electron chi connectivity index (χ2n) is 19.5. The number of phenols is 1. The molecule has 0 radical (unpaired) electrons. The van der Waals surface area contributed by atoms with Crippen LogP contribution in [-0.4, -0.2) is 185 Å². The van der Waals surface area contributed by atoms with Gasteiger partial charge in [-0.05, 0) is 37.0 Å². The number of aromatic hydroxyl groups is 1. The van der Waals surface area contributed by atoms with E-state index in [1.165, 1.54) is 50.5 Å². The summed E-state index contributed by atoms with van der Waals surface area (Å²) in [6.07, 6.45) is -2.14. The van der Waals surface area contributed by atoms with E-state index >= 15 is 0 Å². The molecule has 3 heterocycles. The average molecular weight is 992 g/mol. The predicted molar refractivity (Wildman–Crippen MR) is 252 cm³/mol. The SMILES string of the molecule is CC[C@H](C)CCCCCCCCCCC(=O)N[C@H]1C[C@@H](O)[C@H](O)NC(=O)[C@@H]2[C@@H](O)[C@@H](C)CN2C(=O)[C@H](CO)NC(=O)[C@H]([C@@H](O)Cc2ccc(O)cc2)NC(=O)[C@@H]2C[C@@H](O)CN2C(=O)[C@H]([C@@H](C)O)NC1=O. The Morgan fingerprint density at radius 1 is 0.743 bits per heavy atom. The molecule has 13 N–H and O–H groups in total. The monoisotopic (exact) mass is 992 g/mol. The normalized spacial score (nSPS) is 30.0. The fraction of sp³-hybridized carbons (Fsp3) is 0.729. The molecule has 0 bridgehead atoms. The number of nitrogens with one attached hydrogen (secondary N) is 5. The first-order valence-corrected chi connectivity index (χ1v) is 24.8. The number of carbonyl (C=O) groups excluding carboxylic acids is 7. The van der Waals surface area contributed by atoms with Gasteiger partial charge in [0, 0.05) is 44.7 Å². The number of rotatable bonds is 18. The molecule has 394 valence electrons. The summed E-state index contributed by atoms with van der Waals surface area (Å²) < 4.78 is 0. The fourth-order valence-electron chi connectivity index (χ4n) is 9.14. The number of benzene rings is 1. The highest BCUT2D eigenvalue weighted by molar-refractivity contribution is 5.98. The van der Waals surface area contributed by atoms with Gasteiger partial charge in [0.2, 0.25) is 41.4 Å². The van der Waals surface area contributed by atoms with Crippen molar-refractivity contribution in [1.82, 2.24) is 36.4 Å². The molecule has 3 aliphatic rings. The summed E-state index contributed by atoms with van der Waals surface area (Å²) in [7, 11) is 0. The Hall–Kier alpha value is -4.97. The lowest BCUT2D eigenvalue weighted by Crippen LogP contribution is -2.63. The van der Waals surface area contributed by atoms with Gasteiger partial charge >= 0.3 is 0 Å². The third-order valence-electron chi connectivity index (χ3n) is 13.7. The molecule has 0 spiro atoms. The Labute approximate surface area is 408 Å². The number of unbranched alkanes of at least 4 members (excludes halogenated alkanes) is 7. The standard InChI is InChI=1S/C48H77N7O15/c1-5-26(2)14-12-10-8-6-7-9-11-13-15-37(62)49-32-22-36(61)44(66)53-46(68)40-41(63)27(3)23-55(40)47(69)33(25-56)50-45(67)39(35(60)20-29-16-18-30(58)19-17-29)52-43(65)34-21-31(59)24-54(34)48(70)38(28(4)57)51-42(32)64/h16-19,26-28,31-36,38-41,44,56-61,63,66H,5-15,20-25H2,1-4H3,(H,49,62)(H,50,67)(H,51,64)(H,52,65)(H,53,68)/t26-,27-,28+,31+,32-,33-,34-,35-,36+,38-,39-,40-,41-,44-/m0/s1. The van der Waals surface area contributed by atoms with Gasteiger partial charge in [0.05, 0.1) is 31.0 Å². The molecule has 3 saturated heterocycles. The van der Waals surface area contributed by atoms with Crippen LogP contribution >= 0.6 is 0 Å².